The number of benzene rings is 1. The average molecular weight is 410 g/mol. The van der Waals surface area contributed by atoms with E-state index in [1.807, 2.05) is 0 Å². The van der Waals surface area contributed by atoms with Crippen LogP contribution in [-0.2, 0) is 0 Å². The van der Waals surface area contributed by atoms with Gasteiger partial charge in [-0.15, -0.1) is 16.4 Å². The van der Waals surface area contributed by atoms with E-state index in [4.69, 9.17) is 9.47 Å². The number of ether oxygens (including phenoxy) is 2. The predicted molar refractivity (Wildman–Crippen MR) is 105 cm³/mol. The standard InChI is InChI=1S/C18H14N6O4S/c1-10-12(16(25)24(21-10)18-19-22-23-20-18)8-11-5-6-13(14(9-11)27-2)28-17(26)15-4-3-7-29-15/h3-9,21H,1H2,2H3,(H,19,20,22,23)/b12-8+. The summed E-state index contributed by atoms with van der Waals surface area (Å²) >= 11 is 1.29. The van der Waals surface area contributed by atoms with Gasteiger partial charge in [0.1, 0.15) is 4.88 Å². The molecule has 0 saturated heterocycles. The van der Waals surface area contributed by atoms with Crippen molar-refractivity contribution in [3.05, 3.63) is 67.1 Å². The number of carbonyl (C=O) groups is 1. The van der Waals surface area contributed by atoms with Gasteiger partial charge in [0.25, 0.3) is 11.5 Å². The number of nitrogens with one attached hydrogen (secondary N) is 2. The molecular formula is C18H14N6O4S. The fraction of sp³-hybridized carbons (Fsp3) is 0.0556. The minimum absolute atomic E-state index is 0.0768. The molecule has 0 aliphatic rings. The number of methoxy groups -OCH3 is 1. The van der Waals surface area contributed by atoms with Crippen molar-refractivity contribution in [2.45, 2.75) is 0 Å². The lowest BCUT2D eigenvalue weighted by atomic mass is 10.1. The number of thiophene rings is 1. The molecule has 1 aromatic carbocycles. The number of carbonyl (C=O) groups excluding carboxylic acids is 1. The molecule has 0 aliphatic heterocycles. The van der Waals surface area contributed by atoms with E-state index in [9.17, 15) is 9.59 Å². The third-order valence-electron chi connectivity index (χ3n) is 3.96. The van der Waals surface area contributed by atoms with Crippen molar-refractivity contribution in [3.8, 4) is 17.4 Å². The number of nitrogens with zero attached hydrogens (tertiary/aromatic N) is 4. The van der Waals surface area contributed by atoms with Crippen molar-refractivity contribution < 1.29 is 14.3 Å². The third-order valence-corrected chi connectivity index (χ3v) is 4.81. The van der Waals surface area contributed by atoms with Gasteiger partial charge in [-0.25, -0.2) is 4.79 Å². The number of aromatic nitrogens is 6. The predicted octanol–water partition coefficient (Wildman–Crippen LogP) is 0.207. The van der Waals surface area contributed by atoms with Crippen LogP contribution in [0.1, 0.15) is 15.2 Å². The lowest BCUT2D eigenvalue weighted by molar-refractivity contribution is 0.0735. The first kappa shape index (κ1) is 18.4. The summed E-state index contributed by atoms with van der Waals surface area (Å²) in [6.45, 7) is 3.84. The molecule has 29 heavy (non-hydrogen) atoms. The van der Waals surface area contributed by atoms with Gasteiger partial charge in [-0.05, 0) is 40.4 Å². The smallest absolute Gasteiger partial charge is 0.353 e. The van der Waals surface area contributed by atoms with Gasteiger partial charge >= 0.3 is 5.97 Å². The topological polar surface area (TPSA) is 128 Å². The maximum absolute atomic E-state index is 12.6. The van der Waals surface area contributed by atoms with Gasteiger partial charge in [0.05, 0.1) is 17.7 Å². The van der Waals surface area contributed by atoms with E-state index in [0.717, 1.165) is 4.68 Å². The van der Waals surface area contributed by atoms with Gasteiger partial charge in [-0.2, -0.15) is 9.90 Å². The molecule has 0 unspecified atom stereocenters. The van der Waals surface area contributed by atoms with Crippen molar-refractivity contribution in [3.63, 3.8) is 0 Å². The van der Waals surface area contributed by atoms with Gasteiger partial charge < -0.3 is 9.47 Å². The van der Waals surface area contributed by atoms with Gasteiger partial charge in [-0.3, -0.25) is 9.89 Å². The van der Waals surface area contributed by atoms with Gasteiger partial charge in [0.2, 0.25) is 0 Å². The molecule has 3 aromatic heterocycles. The first-order chi connectivity index (χ1) is 14.1. The van der Waals surface area contributed by atoms with E-state index in [1.165, 1.54) is 18.4 Å². The van der Waals surface area contributed by atoms with E-state index in [1.54, 1.807) is 41.8 Å². The number of hydrogen-bond donors (Lipinski definition) is 2. The quantitative estimate of drug-likeness (QED) is 0.355. The van der Waals surface area contributed by atoms with Crippen LogP contribution in [0, 0.1) is 0 Å². The summed E-state index contributed by atoms with van der Waals surface area (Å²) in [6, 6.07) is 8.40. The third kappa shape index (κ3) is 3.58. The Bertz CT molecular complexity index is 1320. The Hall–Kier alpha value is -3.99. The van der Waals surface area contributed by atoms with Crippen molar-refractivity contribution in [1.82, 2.24) is 30.4 Å². The molecular weight excluding hydrogens is 396 g/mol. The van der Waals surface area contributed by atoms with Crippen LogP contribution in [-0.4, -0.2) is 43.5 Å². The first-order valence-corrected chi connectivity index (χ1v) is 9.14. The Morgan fingerprint density at radius 1 is 1.31 bits per heavy atom. The van der Waals surface area contributed by atoms with Crippen molar-refractivity contribution in [1.29, 1.82) is 0 Å². The van der Waals surface area contributed by atoms with E-state index in [-0.39, 0.29) is 17.3 Å². The Morgan fingerprint density at radius 2 is 2.17 bits per heavy atom. The van der Waals surface area contributed by atoms with Crippen molar-refractivity contribution >= 4 is 30.0 Å². The molecule has 0 bridgehead atoms. The zero-order valence-corrected chi connectivity index (χ0v) is 15.9. The largest absolute Gasteiger partial charge is 0.493 e. The fourth-order valence-electron chi connectivity index (χ4n) is 2.61. The van der Waals surface area contributed by atoms with Gasteiger partial charge in [0, 0.05) is 0 Å². The SMILES string of the molecule is C=c1[nH]n(-c2nn[nH]n2)c(=O)/c1=C/c1ccc(OC(=O)c2cccs2)c(OC)c1. The Labute approximate surface area is 166 Å². The molecule has 10 nitrogen and oxygen atoms in total. The summed E-state index contributed by atoms with van der Waals surface area (Å²) in [6.07, 6.45) is 1.63. The molecule has 146 valence electrons. The zero-order chi connectivity index (χ0) is 20.4. The molecule has 0 atom stereocenters. The van der Waals surface area contributed by atoms with Crippen molar-refractivity contribution in [2.24, 2.45) is 0 Å². The maximum Gasteiger partial charge on any atom is 0.353 e. The van der Waals surface area contributed by atoms with Crippen LogP contribution in [0.4, 0.5) is 0 Å². The van der Waals surface area contributed by atoms with E-state index in [2.05, 4.69) is 32.3 Å². The van der Waals surface area contributed by atoms with E-state index < -0.39 is 5.97 Å². The number of aromatic amines is 2. The number of rotatable bonds is 5. The highest BCUT2D eigenvalue weighted by Gasteiger charge is 2.14. The lowest BCUT2D eigenvalue weighted by Gasteiger charge is -2.09. The second-order valence-corrected chi connectivity index (χ2v) is 6.73. The highest BCUT2D eigenvalue weighted by molar-refractivity contribution is 7.12. The molecule has 4 aromatic rings. The molecule has 0 aliphatic carbocycles. The molecule has 2 N–H and O–H groups in total. The lowest BCUT2D eigenvalue weighted by Crippen LogP contribution is -2.34. The van der Waals surface area contributed by atoms with Crippen LogP contribution in [0.15, 0.2) is 40.5 Å². The summed E-state index contributed by atoms with van der Waals surface area (Å²) in [5.74, 6) is 0.233. The number of tetrazole rings is 1. The summed E-state index contributed by atoms with van der Waals surface area (Å²) in [4.78, 5) is 25.3. The van der Waals surface area contributed by atoms with Gasteiger partial charge in [-0.1, -0.05) is 23.8 Å². The fourth-order valence-corrected chi connectivity index (χ4v) is 3.20. The first-order valence-electron chi connectivity index (χ1n) is 8.26. The number of esters is 1. The highest BCUT2D eigenvalue weighted by Crippen LogP contribution is 2.29. The molecule has 0 fully saturated rings. The second kappa shape index (κ2) is 7.56. The Balaban J connectivity index is 1.69. The minimum Gasteiger partial charge on any atom is -0.493 e. The number of H-pyrrole nitrogens is 2. The Kier molecular flexibility index (Phi) is 4.79. The van der Waals surface area contributed by atoms with Crippen LogP contribution < -0.4 is 25.6 Å². The molecule has 11 heteroatoms. The van der Waals surface area contributed by atoms with Crippen LogP contribution >= 0.6 is 11.3 Å². The second-order valence-electron chi connectivity index (χ2n) is 5.78. The highest BCUT2D eigenvalue weighted by atomic mass is 32.1. The van der Waals surface area contributed by atoms with Crippen LogP contribution in [0.3, 0.4) is 0 Å². The van der Waals surface area contributed by atoms with Crippen molar-refractivity contribution in [2.75, 3.05) is 7.11 Å². The molecule has 4 rings (SSSR count). The summed E-state index contributed by atoms with van der Waals surface area (Å²) in [5, 5.41) is 18.5. The average Bonchev–Trinajstić information content (AvgIpc) is 3.47. The van der Waals surface area contributed by atoms with E-state index in [0.29, 0.717) is 26.8 Å². The summed E-state index contributed by atoms with van der Waals surface area (Å²) in [7, 11) is 1.47. The Morgan fingerprint density at radius 3 is 2.86 bits per heavy atom. The summed E-state index contributed by atoms with van der Waals surface area (Å²) < 4.78 is 11.9. The molecule has 0 saturated carbocycles. The van der Waals surface area contributed by atoms with Gasteiger partial charge in [0.15, 0.2) is 11.5 Å². The zero-order valence-electron chi connectivity index (χ0n) is 15.1. The maximum atomic E-state index is 12.6. The molecule has 0 spiro atoms. The molecule has 3 heterocycles. The van der Waals surface area contributed by atoms with Crippen LogP contribution in [0.25, 0.3) is 18.6 Å². The van der Waals surface area contributed by atoms with E-state index >= 15 is 0 Å². The normalized spacial score (nSPS) is 11.6. The van der Waals surface area contributed by atoms with Crippen LogP contribution in [0.2, 0.25) is 0 Å². The van der Waals surface area contributed by atoms with Crippen LogP contribution in [0.5, 0.6) is 11.5 Å². The minimum atomic E-state index is -0.469. The molecule has 0 radical (unpaired) electrons. The monoisotopic (exact) mass is 410 g/mol. The summed E-state index contributed by atoms with van der Waals surface area (Å²) in [5.41, 5.74) is 0.266. The molecule has 0 amide bonds. The number of hydrogen-bond acceptors (Lipinski definition) is 8.